The number of hydrogen-bond donors (Lipinski definition) is 0. The Morgan fingerprint density at radius 2 is 2.14 bits per heavy atom. The van der Waals surface area contributed by atoms with Crippen molar-refractivity contribution in [3.8, 4) is 0 Å². The van der Waals surface area contributed by atoms with Crippen LogP contribution in [0.4, 0.5) is 5.69 Å². The first-order valence-electron chi connectivity index (χ1n) is 6.52. The van der Waals surface area contributed by atoms with Gasteiger partial charge in [-0.3, -0.25) is 19.5 Å². The van der Waals surface area contributed by atoms with Crippen molar-refractivity contribution in [3.63, 3.8) is 0 Å². The summed E-state index contributed by atoms with van der Waals surface area (Å²) in [5, 5.41) is 19.2. The van der Waals surface area contributed by atoms with Crippen molar-refractivity contribution in [3.05, 3.63) is 50.4 Å². The Balaban J connectivity index is 1.73. The smallest absolute Gasteiger partial charge is 0.276 e. The first-order valence-corrected chi connectivity index (χ1v) is 8.49. The number of aromatic nitrogens is 3. The highest BCUT2D eigenvalue weighted by atomic mass is 32.2. The van der Waals surface area contributed by atoms with Crippen LogP contribution >= 0.6 is 23.5 Å². The molecule has 0 saturated carbocycles. The fraction of sp³-hybridized carbons (Fsp3) is 0.308. The van der Waals surface area contributed by atoms with Crippen LogP contribution in [0, 0.1) is 17.0 Å². The van der Waals surface area contributed by atoms with E-state index in [2.05, 4.69) is 10.2 Å². The average Bonchev–Trinajstić information content (AvgIpc) is 2.93. The van der Waals surface area contributed by atoms with Gasteiger partial charge in [0.25, 0.3) is 11.2 Å². The van der Waals surface area contributed by atoms with E-state index in [1.54, 1.807) is 35.4 Å². The summed E-state index contributed by atoms with van der Waals surface area (Å²) in [6.07, 6.45) is 0. The summed E-state index contributed by atoms with van der Waals surface area (Å²) in [5.74, 6) is 1.50. The summed E-state index contributed by atoms with van der Waals surface area (Å²) in [6, 6.07) is 6.49. The second-order valence-electron chi connectivity index (χ2n) is 4.77. The van der Waals surface area contributed by atoms with Crippen LogP contribution in [0.5, 0.6) is 0 Å². The summed E-state index contributed by atoms with van der Waals surface area (Å²) >= 11 is 3.10. The van der Waals surface area contributed by atoms with E-state index >= 15 is 0 Å². The molecule has 0 radical (unpaired) electrons. The van der Waals surface area contributed by atoms with E-state index < -0.39 is 4.92 Å². The molecule has 3 rings (SSSR count). The summed E-state index contributed by atoms with van der Waals surface area (Å²) in [7, 11) is 0. The van der Waals surface area contributed by atoms with Gasteiger partial charge < -0.3 is 0 Å². The summed E-state index contributed by atoms with van der Waals surface area (Å²) < 4.78 is 1.70. The van der Waals surface area contributed by atoms with Gasteiger partial charge in [-0.15, -0.1) is 22.0 Å². The zero-order valence-electron chi connectivity index (χ0n) is 11.6. The summed E-state index contributed by atoms with van der Waals surface area (Å²) in [6.45, 7) is 1.66. The van der Waals surface area contributed by atoms with Gasteiger partial charge in [0.1, 0.15) is 5.69 Å². The summed E-state index contributed by atoms with van der Waals surface area (Å²) in [5.41, 5.74) is 0.383. The van der Waals surface area contributed by atoms with Gasteiger partial charge in [0.15, 0.2) is 5.16 Å². The van der Waals surface area contributed by atoms with Crippen molar-refractivity contribution in [2.75, 3.05) is 11.5 Å². The van der Waals surface area contributed by atoms with Crippen molar-refractivity contribution in [1.82, 2.24) is 14.8 Å². The molecule has 22 heavy (non-hydrogen) atoms. The van der Waals surface area contributed by atoms with Gasteiger partial charge in [-0.1, -0.05) is 11.8 Å². The lowest BCUT2D eigenvalue weighted by Crippen LogP contribution is -2.28. The maximum Gasteiger partial charge on any atom is 0.276 e. The standard InChI is InChI=1S/C13H12N4O3S2/c1-8-12(18)16-10(7-22-13(16)15-14-8)6-21-11-4-2-9(3-5-11)17(19)20/h2-5,10H,6-7H2,1H3/t10-/m0/s1. The van der Waals surface area contributed by atoms with E-state index in [1.165, 1.54) is 23.9 Å². The number of rotatable bonds is 4. The fourth-order valence-corrected chi connectivity index (χ4v) is 4.32. The molecule has 1 aromatic carbocycles. The van der Waals surface area contributed by atoms with Gasteiger partial charge in [0, 0.05) is 28.5 Å². The van der Waals surface area contributed by atoms with Crippen molar-refractivity contribution >= 4 is 29.2 Å². The minimum Gasteiger partial charge on any atom is -0.280 e. The van der Waals surface area contributed by atoms with Crippen LogP contribution in [0.3, 0.4) is 0 Å². The number of thioether (sulfide) groups is 2. The van der Waals surface area contributed by atoms with Crippen LogP contribution in [0.15, 0.2) is 39.1 Å². The maximum atomic E-state index is 12.2. The molecule has 7 nitrogen and oxygen atoms in total. The van der Waals surface area contributed by atoms with E-state index in [0.717, 1.165) is 10.6 Å². The van der Waals surface area contributed by atoms with E-state index in [-0.39, 0.29) is 17.3 Å². The van der Waals surface area contributed by atoms with Gasteiger partial charge in [0.05, 0.1) is 11.0 Å². The first kappa shape index (κ1) is 15.0. The number of benzene rings is 1. The number of nitrogens with zero attached hydrogens (tertiary/aromatic N) is 4. The highest BCUT2D eigenvalue weighted by Gasteiger charge is 2.26. The van der Waals surface area contributed by atoms with E-state index in [4.69, 9.17) is 0 Å². The van der Waals surface area contributed by atoms with Gasteiger partial charge >= 0.3 is 0 Å². The third kappa shape index (κ3) is 2.86. The zero-order valence-corrected chi connectivity index (χ0v) is 13.3. The molecule has 114 valence electrons. The first-order chi connectivity index (χ1) is 10.6. The van der Waals surface area contributed by atoms with Crippen LogP contribution in [-0.2, 0) is 0 Å². The number of nitro benzene ring substituents is 1. The molecule has 0 aliphatic carbocycles. The number of fused-ring (bicyclic) bond motifs is 1. The highest BCUT2D eigenvalue weighted by molar-refractivity contribution is 8.00. The second kappa shape index (κ2) is 6.09. The maximum absolute atomic E-state index is 12.2. The number of nitro groups is 1. The molecule has 1 aromatic heterocycles. The van der Waals surface area contributed by atoms with Gasteiger partial charge in [-0.2, -0.15) is 0 Å². The Hall–Kier alpha value is -1.87. The fourth-order valence-electron chi connectivity index (χ4n) is 2.11. The molecule has 0 unspecified atom stereocenters. The molecule has 1 aliphatic heterocycles. The molecule has 9 heteroatoms. The van der Waals surface area contributed by atoms with Crippen LogP contribution in [0.1, 0.15) is 11.7 Å². The quantitative estimate of drug-likeness (QED) is 0.480. The van der Waals surface area contributed by atoms with Crippen molar-refractivity contribution in [2.45, 2.75) is 23.0 Å². The van der Waals surface area contributed by atoms with Crippen LogP contribution in [0.25, 0.3) is 0 Å². The summed E-state index contributed by atoms with van der Waals surface area (Å²) in [4.78, 5) is 23.3. The third-order valence-electron chi connectivity index (χ3n) is 3.28. The number of aryl methyl sites for hydroxylation is 1. The topological polar surface area (TPSA) is 90.9 Å². The minimum absolute atomic E-state index is 0.0573. The lowest BCUT2D eigenvalue weighted by molar-refractivity contribution is -0.384. The average molecular weight is 336 g/mol. The Morgan fingerprint density at radius 3 is 2.82 bits per heavy atom. The predicted molar refractivity (Wildman–Crippen MR) is 84.6 cm³/mol. The van der Waals surface area contributed by atoms with E-state index in [1.807, 2.05) is 0 Å². The third-order valence-corrected chi connectivity index (χ3v) is 5.52. The largest absolute Gasteiger partial charge is 0.280 e. The zero-order chi connectivity index (χ0) is 15.7. The predicted octanol–water partition coefficient (Wildman–Crippen LogP) is 2.29. The van der Waals surface area contributed by atoms with Crippen molar-refractivity contribution in [2.24, 2.45) is 0 Å². The molecule has 0 N–H and O–H groups in total. The van der Waals surface area contributed by atoms with Crippen molar-refractivity contribution < 1.29 is 4.92 Å². The molecule has 0 saturated heterocycles. The molecule has 2 aromatic rings. The number of hydrogen-bond acceptors (Lipinski definition) is 7. The second-order valence-corrected chi connectivity index (χ2v) is 6.85. The molecular weight excluding hydrogens is 324 g/mol. The molecule has 0 spiro atoms. The van der Waals surface area contributed by atoms with Gasteiger partial charge in [-0.25, -0.2) is 0 Å². The number of non-ortho nitro benzene ring substituents is 1. The Kier molecular flexibility index (Phi) is 4.16. The normalized spacial score (nSPS) is 16.5. The molecule has 2 heterocycles. The molecular formula is C13H12N4O3S2. The molecule has 0 fully saturated rings. The van der Waals surface area contributed by atoms with Gasteiger partial charge in [0.2, 0.25) is 0 Å². The van der Waals surface area contributed by atoms with Crippen LogP contribution < -0.4 is 5.56 Å². The monoisotopic (exact) mass is 336 g/mol. The minimum atomic E-state index is -0.417. The molecule has 1 atom stereocenters. The SMILES string of the molecule is Cc1nnc2n(c1=O)[C@@H](CSc1ccc([N+](=O)[O-])cc1)CS2. The van der Waals surface area contributed by atoms with Crippen LogP contribution in [-0.4, -0.2) is 31.2 Å². The lowest BCUT2D eigenvalue weighted by Gasteiger charge is -2.12. The van der Waals surface area contributed by atoms with Crippen molar-refractivity contribution in [1.29, 1.82) is 0 Å². The highest BCUT2D eigenvalue weighted by Crippen LogP contribution is 2.33. The van der Waals surface area contributed by atoms with E-state index in [0.29, 0.717) is 16.6 Å². The molecule has 0 amide bonds. The van der Waals surface area contributed by atoms with Crippen LogP contribution in [0.2, 0.25) is 0 Å². The Bertz CT molecular complexity index is 776. The Labute approximate surface area is 134 Å². The van der Waals surface area contributed by atoms with Gasteiger partial charge in [-0.05, 0) is 19.1 Å². The lowest BCUT2D eigenvalue weighted by atomic mass is 10.3. The Morgan fingerprint density at radius 1 is 1.41 bits per heavy atom. The van der Waals surface area contributed by atoms with E-state index in [9.17, 15) is 14.9 Å². The molecule has 1 aliphatic rings. The molecule has 0 bridgehead atoms.